The summed E-state index contributed by atoms with van der Waals surface area (Å²) in [5, 5.41) is 8.04. The third kappa shape index (κ3) is 1.83. The van der Waals surface area contributed by atoms with Crippen LogP contribution in [0.2, 0.25) is 0 Å². The fraction of sp³-hybridized carbons (Fsp3) is 0.333. The highest BCUT2D eigenvalue weighted by atomic mass is 32.1. The van der Waals surface area contributed by atoms with Gasteiger partial charge in [0.15, 0.2) is 3.95 Å². The first kappa shape index (κ1) is 10.2. The maximum atomic E-state index is 5.05. The normalized spacial score (nSPS) is 16.0. The molecule has 4 heteroatoms. The van der Waals surface area contributed by atoms with Gasteiger partial charge in [0.05, 0.1) is 0 Å². The molecule has 1 heterocycles. The minimum Gasteiger partial charge on any atom is -0.258 e. The van der Waals surface area contributed by atoms with Crippen molar-refractivity contribution in [3.05, 3.63) is 33.8 Å². The van der Waals surface area contributed by atoms with Gasteiger partial charge in [-0.1, -0.05) is 36.0 Å². The van der Waals surface area contributed by atoms with Crippen molar-refractivity contribution in [2.45, 2.75) is 25.2 Å². The molecule has 1 N–H and O–H groups in total. The van der Waals surface area contributed by atoms with E-state index in [-0.39, 0.29) is 0 Å². The monoisotopic (exact) mass is 248 g/mol. The van der Waals surface area contributed by atoms with E-state index in [4.69, 9.17) is 12.2 Å². The van der Waals surface area contributed by atoms with Crippen LogP contribution in [-0.4, -0.2) is 10.2 Å². The molecule has 1 aliphatic rings. The van der Waals surface area contributed by atoms with Gasteiger partial charge < -0.3 is 0 Å². The fourth-order valence-electron chi connectivity index (χ4n) is 2.02. The SMILES string of the molecule is S=c1[nH]nc(-c2cccc(C3CCC3)c2)s1. The minimum atomic E-state index is 0.740. The number of hydrogen-bond donors (Lipinski definition) is 1. The molecule has 0 spiro atoms. The molecule has 0 amide bonds. The molecular formula is C12H12N2S2. The Morgan fingerprint density at radius 3 is 2.88 bits per heavy atom. The molecule has 16 heavy (non-hydrogen) atoms. The largest absolute Gasteiger partial charge is 0.258 e. The van der Waals surface area contributed by atoms with Gasteiger partial charge in [0.2, 0.25) is 0 Å². The summed E-state index contributed by atoms with van der Waals surface area (Å²) in [7, 11) is 0. The highest BCUT2D eigenvalue weighted by Crippen LogP contribution is 2.37. The quantitative estimate of drug-likeness (QED) is 0.809. The lowest BCUT2D eigenvalue weighted by Gasteiger charge is -2.25. The third-order valence-corrected chi connectivity index (χ3v) is 4.29. The molecule has 0 aliphatic heterocycles. The molecule has 3 rings (SSSR count). The summed E-state index contributed by atoms with van der Waals surface area (Å²) >= 11 is 6.59. The lowest BCUT2D eigenvalue weighted by Crippen LogP contribution is -2.08. The van der Waals surface area contributed by atoms with E-state index in [2.05, 4.69) is 34.5 Å². The molecule has 0 atom stereocenters. The highest BCUT2D eigenvalue weighted by Gasteiger charge is 2.19. The molecule has 0 unspecified atom stereocenters. The van der Waals surface area contributed by atoms with E-state index in [0.717, 1.165) is 14.9 Å². The molecule has 2 aromatic rings. The van der Waals surface area contributed by atoms with Crippen molar-refractivity contribution in [3.8, 4) is 10.6 Å². The van der Waals surface area contributed by atoms with E-state index in [9.17, 15) is 0 Å². The summed E-state index contributed by atoms with van der Waals surface area (Å²) in [6.07, 6.45) is 4.04. The van der Waals surface area contributed by atoms with E-state index >= 15 is 0 Å². The average Bonchev–Trinajstić information content (AvgIpc) is 2.63. The van der Waals surface area contributed by atoms with Crippen LogP contribution >= 0.6 is 23.6 Å². The maximum absolute atomic E-state index is 5.05. The minimum absolute atomic E-state index is 0.740. The summed E-state index contributed by atoms with van der Waals surface area (Å²) in [5.41, 5.74) is 2.63. The second-order valence-electron chi connectivity index (χ2n) is 4.17. The van der Waals surface area contributed by atoms with Crippen molar-refractivity contribution in [1.29, 1.82) is 0 Å². The van der Waals surface area contributed by atoms with Gasteiger partial charge in [-0.2, -0.15) is 5.10 Å². The number of benzene rings is 1. The lowest BCUT2D eigenvalue weighted by molar-refractivity contribution is 0.420. The van der Waals surface area contributed by atoms with Crippen molar-refractivity contribution in [2.75, 3.05) is 0 Å². The van der Waals surface area contributed by atoms with E-state index in [1.54, 1.807) is 0 Å². The molecule has 2 nitrogen and oxygen atoms in total. The second kappa shape index (κ2) is 4.11. The molecular weight excluding hydrogens is 236 g/mol. The lowest BCUT2D eigenvalue weighted by atomic mass is 9.80. The molecule has 0 saturated heterocycles. The van der Waals surface area contributed by atoms with Gasteiger partial charge in [-0.25, -0.2) is 0 Å². The number of nitrogens with zero attached hydrogens (tertiary/aromatic N) is 1. The molecule has 1 fully saturated rings. The van der Waals surface area contributed by atoms with Crippen LogP contribution in [0.25, 0.3) is 10.6 Å². The van der Waals surface area contributed by atoms with Crippen LogP contribution in [0.3, 0.4) is 0 Å². The first-order chi connectivity index (χ1) is 7.83. The van der Waals surface area contributed by atoms with Crippen molar-refractivity contribution < 1.29 is 0 Å². The number of rotatable bonds is 2. The Balaban J connectivity index is 1.98. The van der Waals surface area contributed by atoms with Gasteiger partial charge in [0.25, 0.3) is 0 Å². The summed E-state index contributed by atoms with van der Waals surface area (Å²) < 4.78 is 0.740. The smallest absolute Gasteiger partial charge is 0.176 e. The molecule has 1 aromatic heterocycles. The van der Waals surface area contributed by atoms with Crippen molar-refractivity contribution >= 4 is 23.6 Å². The van der Waals surface area contributed by atoms with Gasteiger partial charge >= 0.3 is 0 Å². The van der Waals surface area contributed by atoms with Crippen LogP contribution in [0.5, 0.6) is 0 Å². The Bertz CT molecular complexity index is 552. The standard InChI is InChI=1S/C12H12N2S2/c15-12-14-13-11(16-12)10-6-2-5-9(7-10)8-3-1-4-8/h2,5-8H,1,3-4H2,(H,14,15). The van der Waals surface area contributed by atoms with E-state index in [1.807, 2.05) is 0 Å². The number of aromatic amines is 1. The van der Waals surface area contributed by atoms with E-state index in [1.165, 1.54) is 41.7 Å². The van der Waals surface area contributed by atoms with Crippen LogP contribution in [0.15, 0.2) is 24.3 Å². The van der Waals surface area contributed by atoms with Crippen LogP contribution in [-0.2, 0) is 0 Å². The fourth-order valence-corrected chi connectivity index (χ4v) is 2.91. The Morgan fingerprint density at radius 2 is 2.25 bits per heavy atom. The van der Waals surface area contributed by atoms with Crippen LogP contribution in [0, 0.1) is 3.95 Å². The van der Waals surface area contributed by atoms with E-state index in [0.29, 0.717) is 0 Å². The summed E-state index contributed by atoms with van der Waals surface area (Å²) in [5.74, 6) is 0.770. The number of hydrogen-bond acceptors (Lipinski definition) is 3. The Labute approximate surface area is 103 Å². The number of aromatic nitrogens is 2. The molecule has 0 bridgehead atoms. The zero-order valence-corrected chi connectivity index (χ0v) is 10.4. The van der Waals surface area contributed by atoms with E-state index < -0.39 is 0 Å². The molecule has 1 aliphatic carbocycles. The third-order valence-electron chi connectivity index (χ3n) is 3.15. The van der Waals surface area contributed by atoms with Gasteiger partial charge in [0, 0.05) is 5.56 Å². The first-order valence-corrected chi connectivity index (χ1v) is 6.71. The Hall–Kier alpha value is -1.00. The number of H-pyrrole nitrogens is 1. The summed E-state index contributed by atoms with van der Waals surface area (Å²) in [6.45, 7) is 0. The van der Waals surface area contributed by atoms with Gasteiger partial charge in [-0.3, -0.25) is 5.10 Å². The van der Waals surface area contributed by atoms with Crippen molar-refractivity contribution in [3.63, 3.8) is 0 Å². The number of nitrogens with one attached hydrogen (secondary N) is 1. The maximum Gasteiger partial charge on any atom is 0.176 e. The molecule has 0 radical (unpaired) electrons. The topological polar surface area (TPSA) is 28.7 Å². The zero-order valence-electron chi connectivity index (χ0n) is 8.77. The molecule has 1 saturated carbocycles. The predicted octanol–water partition coefficient (Wildman–Crippen LogP) is 4.14. The van der Waals surface area contributed by atoms with Gasteiger partial charge in [0.1, 0.15) is 5.01 Å². The van der Waals surface area contributed by atoms with Gasteiger partial charge in [-0.05, 0) is 42.6 Å². The summed E-state index contributed by atoms with van der Waals surface area (Å²) in [6, 6.07) is 8.70. The van der Waals surface area contributed by atoms with Gasteiger partial charge in [-0.15, -0.1) is 0 Å². The van der Waals surface area contributed by atoms with Crippen molar-refractivity contribution in [2.24, 2.45) is 0 Å². The second-order valence-corrected chi connectivity index (χ2v) is 5.84. The molecule has 82 valence electrons. The Kier molecular flexibility index (Phi) is 2.61. The van der Waals surface area contributed by atoms with Crippen LogP contribution in [0.4, 0.5) is 0 Å². The average molecular weight is 248 g/mol. The summed E-state index contributed by atoms with van der Waals surface area (Å²) in [4.78, 5) is 0. The Morgan fingerprint density at radius 1 is 1.38 bits per heavy atom. The van der Waals surface area contributed by atoms with Crippen LogP contribution < -0.4 is 0 Å². The van der Waals surface area contributed by atoms with Crippen molar-refractivity contribution in [1.82, 2.24) is 10.2 Å². The first-order valence-electron chi connectivity index (χ1n) is 5.49. The van der Waals surface area contributed by atoms with Crippen LogP contribution in [0.1, 0.15) is 30.7 Å². The highest BCUT2D eigenvalue weighted by molar-refractivity contribution is 7.73. The zero-order chi connectivity index (χ0) is 11.0. The predicted molar refractivity (Wildman–Crippen MR) is 69.3 cm³/mol. The molecule has 1 aromatic carbocycles.